The van der Waals surface area contributed by atoms with E-state index in [1.807, 2.05) is 58.2 Å². The first-order valence-corrected chi connectivity index (χ1v) is 13.5. The van der Waals surface area contributed by atoms with Gasteiger partial charge in [0.05, 0.1) is 0 Å². The molecule has 2 aromatic rings. The third kappa shape index (κ3) is 6.30. The maximum atomic E-state index is 12.5. The van der Waals surface area contributed by atoms with Gasteiger partial charge < -0.3 is 30.5 Å². The molecule has 4 rings (SSSR count). The molecule has 2 saturated heterocycles. The SMILES string of the molecule is CCNC1(C(N)=O)CCN(c2nc(N3CCN(C(=O)OC(C)(C)C)CC3)ncc2-c2ccc(Cl)cc2)CC1. The van der Waals surface area contributed by atoms with Crippen LogP contribution in [0.5, 0.6) is 0 Å². The molecule has 2 aliphatic rings. The summed E-state index contributed by atoms with van der Waals surface area (Å²) in [5.74, 6) is 1.10. The van der Waals surface area contributed by atoms with E-state index in [1.54, 1.807) is 4.90 Å². The second kappa shape index (κ2) is 11.3. The Morgan fingerprint density at radius 1 is 1.05 bits per heavy atom. The number of rotatable bonds is 6. The summed E-state index contributed by atoms with van der Waals surface area (Å²) in [6.45, 7) is 11.8. The summed E-state index contributed by atoms with van der Waals surface area (Å²) in [6, 6.07) is 7.62. The van der Waals surface area contributed by atoms with Crippen LogP contribution in [0.3, 0.4) is 0 Å². The number of piperidine rings is 1. The highest BCUT2D eigenvalue weighted by atomic mass is 35.5. The first-order chi connectivity index (χ1) is 18.0. The minimum absolute atomic E-state index is 0.302. The molecule has 2 amide bonds. The van der Waals surface area contributed by atoms with Gasteiger partial charge in [-0.1, -0.05) is 30.7 Å². The molecule has 1 aromatic heterocycles. The van der Waals surface area contributed by atoms with Crippen LogP contribution in [-0.4, -0.2) is 83.8 Å². The van der Waals surface area contributed by atoms with Crippen molar-refractivity contribution >= 4 is 35.4 Å². The molecule has 0 unspecified atom stereocenters. The Morgan fingerprint density at radius 3 is 2.24 bits per heavy atom. The molecule has 11 heteroatoms. The van der Waals surface area contributed by atoms with Crippen LogP contribution in [0.1, 0.15) is 40.5 Å². The van der Waals surface area contributed by atoms with Gasteiger partial charge in [-0.15, -0.1) is 0 Å². The first kappa shape index (κ1) is 27.9. The van der Waals surface area contributed by atoms with Crippen molar-refractivity contribution in [2.24, 2.45) is 5.73 Å². The van der Waals surface area contributed by atoms with Crippen molar-refractivity contribution < 1.29 is 14.3 Å². The van der Waals surface area contributed by atoms with E-state index in [-0.39, 0.29) is 12.0 Å². The molecule has 0 radical (unpaired) electrons. The standard InChI is InChI=1S/C27H38ClN7O3/c1-5-31-27(23(29)36)10-12-33(13-11-27)22-21(19-6-8-20(28)9-7-19)18-30-24(32-22)34-14-16-35(17-15-34)25(37)38-26(2,3)4/h6-9,18,31H,5,10-17H2,1-4H3,(H2,29,36). The lowest BCUT2D eigenvalue weighted by atomic mass is 9.86. The number of benzene rings is 1. The van der Waals surface area contributed by atoms with E-state index in [0.29, 0.717) is 69.6 Å². The third-order valence-corrected chi connectivity index (χ3v) is 7.28. The summed E-state index contributed by atoms with van der Waals surface area (Å²) in [4.78, 5) is 40.5. The number of piperazine rings is 1. The molecule has 2 aliphatic heterocycles. The second-order valence-electron chi connectivity index (χ2n) is 10.8. The number of ether oxygens (including phenoxy) is 1. The van der Waals surface area contributed by atoms with E-state index in [0.717, 1.165) is 16.9 Å². The zero-order valence-electron chi connectivity index (χ0n) is 22.7. The summed E-state index contributed by atoms with van der Waals surface area (Å²) in [7, 11) is 0. The van der Waals surface area contributed by atoms with Crippen LogP contribution in [0, 0.1) is 0 Å². The van der Waals surface area contributed by atoms with Crippen LogP contribution >= 0.6 is 11.6 Å². The molecule has 3 N–H and O–H groups in total. The van der Waals surface area contributed by atoms with Crippen LogP contribution in [-0.2, 0) is 9.53 Å². The van der Waals surface area contributed by atoms with Crippen LogP contribution in [0.4, 0.5) is 16.6 Å². The van der Waals surface area contributed by atoms with Crippen molar-refractivity contribution in [3.05, 3.63) is 35.5 Å². The molecule has 0 spiro atoms. The number of carbonyl (C=O) groups is 2. The highest BCUT2D eigenvalue weighted by Crippen LogP contribution is 2.34. The highest BCUT2D eigenvalue weighted by molar-refractivity contribution is 6.30. The average Bonchev–Trinajstić information content (AvgIpc) is 2.88. The number of hydrogen-bond acceptors (Lipinski definition) is 8. The number of nitrogens with one attached hydrogen (secondary N) is 1. The van der Waals surface area contributed by atoms with E-state index in [2.05, 4.69) is 15.1 Å². The Balaban J connectivity index is 1.57. The van der Waals surface area contributed by atoms with Gasteiger partial charge in [-0.3, -0.25) is 4.79 Å². The van der Waals surface area contributed by atoms with Crippen LogP contribution in [0.15, 0.2) is 30.5 Å². The Kier molecular flexibility index (Phi) is 8.32. The normalized spacial score (nSPS) is 17.9. The maximum absolute atomic E-state index is 12.5. The number of carbonyl (C=O) groups excluding carboxylic acids is 2. The molecular weight excluding hydrogens is 506 g/mol. The van der Waals surface area contributed by atoms with Crippen LogP contribution in [0.2, 0.25) is 5.02 Å². The fourth-order valence-corrected chi connectivity index (χ4v) is 5.08. The average molecular weight is 544 g/mol. The van der Waals surface area contributed by atoms with Crippen molar-refractivity contribution in [1.29, 1.82) is 0 Å². The lowest BCUT2D eigenvalue weighted by molar-refractivity contribution is -0.125. The summed E-state index contributed by atoms with van der Waals surface area (Å²) in [6.07, 6.45) is 2.72. The predicted octanol–water partition coefficient (Wildman–Crippen LogP) is 3.29. The molecule has 3 heterocycles. The molecule has 0 atom stereocenters. The van der Waals surface area contributed by atoms with E-state index < -0.39 is 11.1 Å². The number of anilines is 2. The summed E-state index contributed by atoms with van der Waals surface area (Å²) in [5.41, 5.74) is 6.41. The third-order valence-electron chi connectivity index (χ3n) is 7.03. The molecule has 10 nitrogen and oxygen atoms in total. The van der Waals surface area contributed by atoms with Crippen molar-refractivity contribution in [1.82, 2.24) is 20.2 Å². The minimum Gasteiger partial charge on any atom is -0.444 e. The largest absolute Gasteiger partial charge is 0.444 e. The van der Waals surface area contributed by atoms with Gasteiger partial charge in [-0.2, -0.15) is 4.98 Å². The fourth-order valence-electron chi connectivity index (χ4n) is 4.95. The van der Waals surface area contributed by atoms with Crippen LogP contribution in [0.25, 0.3) is 11.1 Å². The zero-order chi connectivity index (χ0) is 27.5. The number of nitrogens with zero attached hydrogens (tertiary/aromatic N) is 5. The molecule has 0 aliphatic carbocycles. The molecular formula is C27H38ClN7O3. The quantitative estimate of drug-likeness (QED) is 0.570. The molecule has 206 valence electrons. The van der Waals surface area contributed by atoms with Gasteiger partial charge in [0.15, 0.2) is 0 Å². The number of halogens is 1. The highest BCUT2D eigenvalue weighted by Gasteiger charge is 2.40. The van der Waals surface area contributed by atoms with Crippen molar-refractivity contribution in [3.8, 4) is 11.1 Å². The van der Waals surface area contributed by atoms with E-state index >= 15 is 0 Å². The number of nitrogens with two attached hydrogens (primary N) is 1. The number of aromatic nitrogens is 2. The minimum atomic E-state index is -0.709. The van der Waals surface area contributed by atoms with Gasteiger partial charge >= 0.3 is 6.09 Å². The number of hydrogen-bond donors (Lipinski definition) is 2. The lowest BCUT2D eigenvalue weighted by Crippen LogP contribution is -2.61. The van der Waals surface area contributed by atoms with Gasteiger partial charge in [0.25, 0.3) is 0 Å². The van der Waals surface area contributed by atoms with Crippen molar-refractivity contribution in [3.63, 3.8) is 0 Å². The molecule has 38 heavy (non-hydrogen) atoms. The van der Waals surface area contributed by atoms with Gasteiger partial charge in [0.2, 0.25) is 11.9 Å². The fraction of sp³-hybridized carbons (Fsp3) is 0.556. The Labute approximate surface area is 229 Å². The van der Waals surface area contributed by atoms with Gasteiger partial charge in [-0.05, 0) is 57.9 Å². The summed E-state index contributed by atoms with van der Waals surface area (Å²) in [5, 5.41) is 3.97. The summed E-state index contributed by atoms with van der Waals surface area (Å²) < 4.78 is 5.52. The predicted molar refractivity (Wildman–Crippen MR) is 150 cm³/mol. The van der Waals surface area contributed by atoms with Crippen LogP contribution < -0.4 is 20.9 Å². The van der Waals surface area contributed by atoms with Crippen molar-refractivity contribution in [2.75, 3.05) is 55.6 Å². The zero-order valence-corrected chi connectivity index (χ0v) is 23.4. The smallest absolute Gasteiger partial charge is 0.410 e. The summed E-state index contributed by atoms with van der Waals surface area (Å²) >= 11 is 6.14. The van der Waals surface area contributed by atoms with E-state index in [9.17, 15) is 9.59 Å². The topological polar surface area (TPSA) is 117 Å². The van der Waals surface area contributed by atoms with E-state index in [4.69, 9.17) is 32.0 Å². The molecule has 2 fully saturated rings. The molecule has 0 saturated carbocycles. The Bertz CT molecular complexity index is 1140. The van der Waals surface area contributed by atoms with Gasteiger partial charge in [0, 0.05) is 56.1 Å². The Hall–Kier alpha value is -3.11. The number of amides is 2. The van der Waals surface area contributed by atoms with Crippen molar-refractivity contribution in [2.45, 2.75) is 51.7 Å². The number of likely N-dealkylation sites (N-methyl/N-ethyl adjacent to an activating group) is 1. The lowest BCUT2D eigenvalue weighted by Gasteiger charge is -2.41. The van der Waals surface area contributed by atoms with E-state index in [1.165, 1.54) is 0 Å². The Morgan fingerprint density at radius 2 is 1.68 bits per heavy atom. The molecule has 0 bridgehead atoms. The molecule has 1 aromatic carbocycles. The maximum Gasteiger partial charge on any atom is 0.410 e. The van der Waals surface area contributed by atoms with Gasteiger partial charge in [-0.25, -0.2) is 9.78 Å². The van der Waals surface area contributed by atoms with Gasteiger partial charge in [0.1, 0.15) is 17.0 Å². The number of primary amides is 1. The monoisotopic (exact) mass is 543 g/mol. The first-order valence-electron chi connectivity index (χ1n) is 13.2. The second-order valence-corrected chi connectivity index (χ2v) is 11.3.